The SMILES string of the molecule is Fc1ccc(B(c2ccccc2F)c2ccccc2F)cc1. The van der Waals surface area contributed by atoms with Crippen LogP contribution in [0.1, 0.15) is 0 Å². The summed E-state index contributed by atoms with van der Waals surface area (Å²) in [6.45, 7) is -0.622. The summed E-state index contributed by atoms with van der Waals surface area (Å²) in [4.78, 5) is 0. The van der Waals surface area contributed by atoms with E-state index in [1.165, 1.54) is 24.3 Å². The number of halogens is 3. The van der Waals surface area contributed by atoms with Crippen LogP contribution in [0.3, 0.4) is 0 Å². The van der Waals surface area contributed by atoms with Gasteiger partial charge in [-0.2, -0.15) is 0 Å². The highest BCUT2D eigenvalue weighted by Gasteiger charge is 2.26. The summed E-state index contributed by atoms with van der Waals surface area (Å²) in [5, 5.41) is 0. The molecule has 0 aliphatic carbocycles. The van der Waals surface area contributed by atoms with Crippen molar-refractivity contribution in [1.29, 1.82) is 0 Å². The third kappa shape index (κ3) is 2.77. The lowest BCUT2D eigenvalue weighted by Crippen LogP contribution is -2.54. The quantitative estimate of drug-likeness (QED) is 0.652. The predicted octanol–water partition coefficient (Wildman–Crippen LogP) is 2.62. The van der Waals surface area contributed by atoms with Crippen LogP contribution < -0.4 is 16.4 Å². The molecule has 0 aliphatic rings. The maximum atomic E-state index is 14.2. The second kappa shape index (κ2) is 6.10. The molecule has 108 valence electrons. The van der Waals surface area contributed by atoms with Crippen molar-refractivity contribution in [2.45, 2.75) is 0 Å². The summed E-state index contributed by atoms with van der Waals surface area (Å²) >= 11 is 0. The highest BCUT2D eigenvalue weighted by atomic mass is 19.1. The van der Waals surface area contributed by atoms with E-state index in [-0.39, 0.29) is 5.82 Å². The highest BCUT2D eigenvalue weighted by Crippen LogP contribution is 2.03. The van der Waals surface area contributed by atoms with Crippen molar-refractivity contribution in [2.24, 2.45) is 0 Å². The second-order valence-electron chi connectivity index (χ2n) is 5.03. The molecular formula is C18H12BF3. The molecule has 0 heterocycles. The zero-order chi connectivity index (χ0) is 15.5. The summed E-state index contributed by atoms with van der Waals surface area (Å²) < 4.78 is 41.6. The lowest BCUT2D eigenvalue weighted by molar-refractivity contribution is 0.628. The molecule has 22 heavy (non-hydrogen) atoms. The topological polar surface area (TPSA) is 0 Å². The fourth-order valence-corrected chi connectivity index (χ4v) is 2.60. The van der Waals surface area contributed by atoms with E-state index in [1.54, 1.807) is 48.5 Å². The molecule has 4 heteroatoms. The van der Waals surface area contributed by atoms with Crippen LogP contribution in [0.25, 0.3) is 0 Å². The van der Waals surface area contributed by atoms with Gasteiger partial charge >= 0.3 is 0 Å². The van der Waals surface area contributed by atoms with Crippen LogP contribution in [0.2, 0.25) is 0 Å². The first-order valence-corrected chi connectivity index (χ1v) is 6.91. The third-order valence-electron chi connectivity index (χ3n) is 3.64. The minimum Gasteiger partial charge on any atom is -0.208 e. The van der Waals surface area contributed by atoms with E-state index in [4.69, 9.17) is 0 Å². The monoisotopic (exact) mass is 296 g/mol. The fourth-order valence-electron chi connectivity index (χ4n) is 2.60. The van der Waals surface area contributed by atoms with Gasteiger partial charge in [-0.1, -0.05) is 54.0 Å². The van der Waals surface area contributed by atoms with Gasteiger partial charge in [0.05, 0.1) is 0 Å². The van der Waals surface area contributed by atoms with Gasteiger partial charge in [0.2, 0.25) is 6.71 Å². The van der Waals surface area contributed by atoms with E-state index in [0.29, 0.717) is 16.4 Å². The molecule has 0 aliphatic heterocycles. The molecule has 0 atom stereocenters. The van der Waals surface area contributed by atoms with Crippen molar-refractivity contribution in [3.8, 4) is 0 Å². The Morgan fingerprint density at radius 2 is 1.00 bits per heavy atom. The van der Waals surface area contributed by atoms with Gasteiger partial charge in [0.1, 0.15) is 17.5 Å². The standard InChI is InChI=1S/C18H12BF3/c20-14-11-9-13(10-12-14)19(15-5-1-3-7-17(15)21)16-6-2-4-8-18(16)22/h1-12H. The Bertz CT molecular complexity index is 739. The molecule has 0 amide bonds. The van der Waals surface area contributed by atoms with Gasteiger partial charge in [-0.15, -0.1) is 0 Å². The van der Waals surface area contributed by atoms with Gasteiger partial charge in [0.15, 0.2) is 0 Å². The molecule has 3 aromatic rings. The Balaban J connectivity index is 2.21. The van der Waals surface area contributed by atoms with Gasteiger partial charge in [0, 0.05) is 0 Å². The van der Waals surface area contributed by atoms with Crippen LogP contribution in [0.5, 0.6) is 0 Å². The maximum absolute atomic E-state index is 14.2. The van der Waals surface area contributed by atoms with Crippen LogP contribution in [0.15, 0.2) is 72.8 Å². The molecule has 0 radical (unpaired) electrons. The first-order chi connectivity index (χ1) is 10.7. The van der Waals surface area contributed by atoms with Crippen LogP contribution in [0.4, 0.5) is 13.2 Å². The van der Waals surface area contributed by atoms with Gasteiger partial charge in [0.25, 0.3) is 0 Å². The Morgan fingerprint density at radius 3 is 1.45 bits per heavy atom. The second-order valence-corrected chi connectivity index (χ2v) is 5.03. The summed E-state index contributed by atoms with van der Waals surface area (Å²) in [5.41, 5.74) is 1.36. The molecule has 0 N–H and O–H groups in total. The minimum absolute atomic E-state index is 0.360. The molecule has 0 bridgehead atoms. The van der Waals surface area contributed by atoms with Crippen molar-refractivity contribution in [1.82, 2.24) is 0 Å². The molecular weight excluding hydrogens is 284 g/mol. The highest BCUT2D eigenvalue weighted by molar-refractivity contribution is 6.95. The van der Waals surface area contributed by atoms with Gasteiger partial charge in [-0.25, -0.2) is 13.2 Å². The average molecular weight is 296 g/mol. The Kier molecular flexibility index (Phi) is 4.01. The van der Waals surface area contributed by atoms with Crippen molar-refractivity contribution in [2.75, 3.05) is 0 Å². The molecule has 0 saturated heterocycles. The van der Waals surface area contributed by atoms with Crippen LogP contribution >= 0.6 is 0 Å². The van der Waals surface area contributed by atoms with Crippen LogP contribution in [-0.2, 0) is 0 Å². The van der Waals surface area contributed by atoms with Crippen LogP contribution in [0, 0.1) is 17.5 Å². The largest absolute Gasteiger partial charge is 0.248 e. The molecule has 0 saturated carbocycles. The molecule has 0 aromatic heterocycles. The minimum atomic E-state index is -0.622. The van der Waals surface area contributed by atoms with Crippen LogP contribution in [-0.4, -0.2) is 6.71 Å². The van der Waals surface area contributed by atoms with E-state index in [0.717, 1.165) is 0 Å². The first-order valence-electron chi connectivity index (χ1n) is 6.91. The summed E-state index contributed by atoms with van der Waals surface area (Å²) in [6.07, 6.45) is 0. The third-order valence-corrected chi connectivity index (χ3v) is 3.64. The van der Waals surface area contributed by atoms with E-state index in [2.05, 4.69) is 0 Å². The normalized spacial score (nSPS) is 10.5. The molecule has 3 rings (SSSR count). The smallest absolute Gasteiger partial charge is 0.208 e. The maximum Gasteiger partial charge on any atom is 0.248 e. The van der Waals surface area contributed by atoms with E-state index in [9.17, 15) is 13.2 Å². The summed E-state index contributed by atoms with van der Waals surface area (Å²) in [6, 6.07) is 18.2. The Labute approximate surface area is 127 Å². The van der Waals surface area contributed by atoms with Crippen molar-refractivity contribution >= 4 is 23.1 Å². The summed E-state index contributed by atoms with van der Waals surface area (Å²) in [5.74, 6) is -1.22. The lowest BCUT2D eigenvalue weighted by atomic mass is 9.36. The van der Waals surface area contributed by atoms with E-state index < -0.39 is 18.3 Å². The average Bonchev–Trinajstić information content (AvgIpc) is 2.53. The van der Waals surface area contributed by atoms with E-state index in [1.807, 2.05) is 0 Å². The predicted molar refractivity (Wildman–Crippen MR) is 83.9 cm³/mol. The Morgan fingerprint density at radius 1 is 0.545 bits per heavy atom. The van der Waals surface area contributed by atoms with Gasteiger partial charge in [-0.3, -0.25) is 0 Å². The van der Waals surface area contributed by atoms with Crippen molar-refractivity contribution in [3.63, 3.8) is 0 Å². The number of rotatable bonds is 3. The first kappa shape index (κ1) is 14.5. The van der Waals surface area contributed by atoms with Gasteiger partial charge in [-0.05, 0) is 35.2 Å². The lowest BCUT2D eigenvalue weighted by Gasteiger charge is -2.16. The number of hydrogen-bond acceptors (Lipinski definition) is 0. The zero-order valence-corrected chi connectivity index (χ0v) is 11.6. The van der Waals surface area contributed by atoms with E-state index >= 15 is 0 Å². The number of hydrogen-bond donors (Lipinski definition) is 0. The molecule has 0 fully saturated rings. The Hall–Kier alpha value is -2.49. The van der Waals surface area contributed by atoms with Gasteiger partial charge < -0.3 is 0 Å². The van der Waals surface area contributed by atoms with Crippen molar-refractivity contribution in [3.05, 3.63) is 90.2 Å². The molecule has 3 aromatic carbocycles. The molecule has 0 nitrogen and oxygen atoms in total. The molecule has 0 unspecified atom stereocenters. The summed E-state index contributed by atoms with van der Waals surface area (Å²) in [7, 11) is 0. The van der Waals surface area contributed by atoms with Crippen molar-refractivity contribution < 1.29 is 13.2 Å². The number of benzene rings is 3. The fraction of sp³-hybridized carbons (Fsp3) is 0. The molecule has 0 spiro atoms. The zero-order valence-electron chi connectivity index (χ0n) is 11.6.